The zero-order valence-electron chi connectivity index (χ0n) is 12.8. The summed E-state index contributed by atoms with van der Waals surface area (Å²) in [7, 11) is 3.21. The van der Waals surface area contributed by atoms with Crippen molar-refractivity contribution in [2.24, 2.45) is 0 Å². The Morgan fingerprint density at radius 1 is 1.38 bits per heavy atom. The summed E-state index contributed by atoms with van der Waals surface area (Å²) in [6, 6.07) is 1.68. The van der Waals surface area contributed by atoms with E-state index >= 15 is 0 Å². The molecule has 0 aliphatic carbocycles. The minimum atomic E-state index is -0.404. The summed E-state index contributed by atoms with van der Waals surface area (Å²) in [6.07, 6.45) is 2.19. The molecule has 0 atom stereocenters. The number of hydrogen-bond donors (Lipinski definition) is 0. The molecule has 2 heterocycles. The molecule has 116 valence electrons. The highest BCUT2D eigenvalue weighted by atomic mass is 16.5. The number of likely N-dealkylation sites (N-methyl/N-ethyl adjacent to an activating group) is 1. The molecule has 1 aromatic heterocycles. The number of furan rings is 1. The van der Waals surface area contributed by atoms with E-state index in [2.05, 4.69) is 0 Å². The van der Waals surface area contributed by atoms with Crippen molar-refractivity contribution in [3.05, 3.63) is 23.2 Å². The number of ether oxygens (including phenoxy) is 1. The first-order valence-corrected chi connectivity index (χ1v) is 7.15. The summed E-state index contributed by atoms with van der Waals surface area (Å²) in [5.74, 6) is 0.936. The minimum absolute atomic E-state index is 0.145. The van der Waals surface area contributed by atoms with E-state index in [-0.39, 0.29) is 5.91 Å². The molecular formula is C15H22N2O4. The molecule has 0 aromatic carbocycles. The predicted octanol–water partition coefficient (Wildman–Crippen LogP) is 1.43. The standard InChI is InChI=1S/C15H22N2O4/c1-11-13(15(19)20-3)8-12(21-11)9-16(2)10-14(18)17-6-4-5-7-17/h8H,4-7,9-10H2,1-3H3. The summed E-state index contributed by atoms with van der Waals surface area (Å²) < 4.78 is 10.2. The van der Waals surface area contributed by atoms with Gasteiger partial charge in [0.15, 0.2) is 0 Å². The Hall–Kier alpha value is -1.82. The Morgan fingerprint density at radius 2 is 2.05 bits per heavy atom. The van der Waals surface area contributed by atoms with Crippen LogP contribution in [0.3, 0.4) is 0 Å². The maximum absolute atomic E-state index is 12.1. The SMILES string of the molecule is COC(=O)c1cc(CN(C)CC(=O)N2CCCC2)oc1C. The van der Waals surface area contributed by atoms with Gasteiger partial charge in [-0.25, -0.2) is 4.79 Å². The van der Waals surface area contributed by atoms with Crippen LogP contribution in [0.15, 0.2) is 10.5 Å². The second kappa shape index (κ2) is 6.76. The summed E-state index contributed by atoms with van der Waals surface area (Å²) in [5, 5.41) is 0. The number of esters is 1. The maximum Gasteiger partial charge on any atom is 0.341 e. The van der Waals surface area contributed by atoms with Crippen LogP contribution in [0.25, 0.3) is 0 Å². The average Bonchev–Trinajstić information content (AvgIpc) is 3.07. The molecule has 0 radical (unpaired) electrons. The van der Waals surface area contributed by atoms with Crippen LogP contribution >= 0.6 is 0 Å². The molecule has 1 amide bonds. The van der Waals surface area contributed by atoms with Crippen molar-refractivity contribution in [2.75, 3.05) is 33.8 Å². The predicted molar refractivity (Wildman–Crippen MR) is 76.9 cm³/mol. The van der Waals surface area contributed by atoms with Gasteiger partial charge >= 0.3 is 5.97 Å². The Bertz CT molecular complexity index is 518. The summed E-state index contributed by atoms with van der Waals surface area (Å²) in [6.45, 7) is 4.29. The van der Waals surface area contributed by atoms with Gasteiger partial charge in [0.2, 0.25) is 5.91 Å². The molecule has 1 saturated heterocycles. The third-order valence-electron chi connectivity index (χ3n) is 3.66. The molecule has 21 heavy (non-hydrogen) atoms. The van der Waals surface area contributed by atoms with Gasteiger partial charge in [0, 0.05) is 13.1 Å². The van der Waals surface area contributed by atoms with Gasteiger partial charge in [-0.1, -0.05) is 0 Å². The third-order valence-corrected chi connectivity index (χ3v) is 3.66. The van der Waals surface area contributed by atoms with Crippen molar-refractivity contribution in [1.82, 2.24) is 9.80 Å². The summed E-state index contributed by atoms with van der Waals surface area (Å²) in [4.78, 5) is 27.4. The van der Waals surface area contributed by atoms with Gasteiger partial charge in [0.25, 0.3) is 0 Å². The van der Waals surface area contributed by atoms with E-state index in [1.165, 1.54) is 7.11 Å². The van der Waals surface area contributed by atoms with Gasteiger partial charge in [0.05, 0.1) is 20.2 Å². The van der Waals surface area contributed by atoms with Gasteiger partial charge < -0.3 is 14.1 Å². The number of hydrogen-bond acceptors (Lipinski definition) is 5. The van der Waals surface area contributed by atoms with Gasteiger partial charge in [-0.05, 0) is 32.9 Å². The van der Waals surface area contributed by atoms with E-state index in [1.54, 1.807) is 13.0 Å². The fraction of sp³-hybridized carbons (Fsp3) is 0.600. The Balaban J connectivity index is 1.91. The number of methoxy groups -OCH3 is 1. The lowest BCUT2D eigenvalue weighted by molar-refractivity contribution is -0.131. The smallest absolute Gasteiger partial charge is 0.341 e. The largest absolute Gasteiger partial charge is 0.465 e. The van der Waals surface area contributed by atoms with Gasteiger partial charge in [-0.2, -0.15) is 0 Å². The molecule has 6 nitrogen and oxygen atoms in total. The molecule has 1 aliphatic heterocycles. The highest BCUT2D eigenvalue weighted by Gasteiger charge is 2.20. The van der Waals surface area contributed by atoms with Crippen LogP contribution in [0.4, 0.5) is 0 Å². The second-order valence-electron chi connectivity index (χ2n) is 5.43. The molecule has 0 spiro atoms. The lowest BCUT2D eigenvalue weighted by Gasteiger charge is -2.20. The molecule has 0 bridgehead atoms. The Morgan fingerprint density at radius 3 is 2.67 bits per heavy atom. The van der Waals surface area contributed by atoms with E-state index < -0.39 is 5.97 Å². The number of amides is 1. The quantitative estimate of drug-likeness (QED) is 0.769. The lowest BCUT2D eigenvalue weighted by atomic mass is 10.2. The van der Waals surface area contributed by atoms with Crippen molar-refractivity contribution >= 4 is 11.9 Å². The molecule has 6 heteroatoms. The number of rotatable bonds is 5. The molecular weight excluding hydrogens is 272 g/mol. The minimum Gasteiger partial charge on any atom is -0.465 e. The maximum atomic E-state index is 12.1. The first kappa shape index (κ1) is 15.6. The number of likely N-dealkylation sites (tertiary alicyclic amines) is 1. The first-order valence-electron chi connectivity index (χ1n) is 7.15. The Labute approximate surface area is 124 Å². The van der Waals surface area contributed by atoms with Crippen LogP contribution < -0.4 is 0 Å². The van der Waals surface area contributed by atoms with E-state index in [4.69, 9.17) is 9.15 Å². The number of aryl methyl sites for hydroxylation is 1. The highest BCUT2D eigenvalue weighted by Crippen LogP contribution is 2.17. The van der Waals surface area contributed by atoms with Gasteiger partial charge in [-0.3, -0.25) is 9.69 Å². The normalized spacial score (nSPS) is 14.8. The van der Waals surface area contributed by atoms with Crippen LogP contribution in [0.2, 0.25) is 0 Å². The van der Waals surface area contributed by atoms with Crippen LogP contribution in [0, 0.1) is 6.92 Å². The third kappa shape index (κ3) is 3.85. The molecule has 0 N–H and O–H groups in total. The van der Waals surface area contributed by atoms with E-state index in [0.29, 0.717) is 30.2 Å². The van der Waals surface area contributed by atoms with Crippen LogP contribution in [0.1, 0.15) is 34.7 Å². The zero-order chi connectivity index (χ0) is 15.4. The highest BCUT2D eigenvalue weighted by molar-refractivity contribution is 5.90. The van der Waals surface area contributed by atoms with Crippen molar-refractivity contribution in [3.8, 4) is 0 Å². The Kier molecular flexibility index (Phi) is 5.01. The fourth-order valence-corrected chi connectivity index (χ4v) is 2.55. The molecule has 2 rings (SSSR count). The van der Waals surface area contributed by atoms with E-state index in [9.17, 15) is 9.59 Å². The number of carbonyl (C=O) groups excluding carboxylic acids is 2. The van der Waals surface area contributed by atoms with Gasteiger partial charge in [0.1, 0.15) is 17.1 Å². The topological polar surface area (TPSA) is 63.0 Å². The monoisotopic (exact) mass is 294 g/mol. The van der Waals surface area contributed by atoms with Crippen molar-refractivity contribution in [3.63, 3.8) is 0 Å². The molecule has 1 fully saturated rings. The zero-order valence-corrected chi connectivity index (χ0v) is 12.8. The first-order chi connectivity index (χ1) is 10.0. The average molecular weight is 294 g/mol. The number of nitrogens with zero attached hydrogens (tertiary/aromatic N) is 2. The van der Waals surface area contributed by atoms with Gasteiger partial charge in [-0.15, -0.1) is 0 Å². The van der Waals surface area contributed by atoms with Crippen molar-refractivity contribution < 1.29 is 18.7 Å². The molecule has 0 saturated carbocycles. The fourth-order valence-electron chi connectivity index (χ4n) is 2.55. The molecule has 1 aromatic rings. The van der Waals surface area contributed by atoms with Crippen LogP contribution in [0.5, 0.6) is 0 Å². The van der Waals surface area contributed by atoms with Crippen molar-refractivity contribution in [2.45, 2.75) is 26.3 Å². The van der Waals surface area contributed by atoms with Crippen LogP contribution in [-0.4, -0.2) is 55.5 Å². The second-order valence-corrected chi connectivity index (χ2v) is 5.43. The van der Waals surface area contributed by atoms with E-state index in [1.807, 2.05) is 16.8 Å². The summed E-state index contributed by atoms with van der Waals surface area (Å²) >= 11 is 0. The van der Waals surface area contributed by atoms with E-state index in [0.717, 1.165) is 25.9 Å². The lowest BCUT2D eigenvalue weighted by Crippen LogP contribution is -2.36. The number of carbonyl (C=O) groups is 2. The molecule has 1 aliphatic rings. The van der Waals surface area contributed by atoms with Crippen molar-refractivity contribution in [1.29, 1.82) is 0 Å². The summed E-state index contributed by atoms with van der Waals surface area (Å²) in [5.41, 5.74) is 0.437. The van der Waals surface area contributed by atoms with Crippen LogP contribution in [-0.2, 0) is 16.1 Å². The molecule has 0 unspecified atom stereocenters.